The third kappa shape index (κ3) is 6.47. The van der Waals surface area contributed by atoms with Gasteiger partial charge in [0, 0.05) is 67.7 Å². The average molecular weight is 922 g/mol. The highest BCUT2D eigenvalue weighted by molar-refractivity contribution is 6.00. The van der Waals surface area contributed by atoms with Gasteiger partial charge >= 0.3 is 0 Å². The Bertz CT molecular complexity index is 3680. The van der Waals surface area contributed by atoms with Gasteiger partial charge in [0.2, 0.25) is 0 Å². The van der Waals surface area contributed by atoms with Gasteiger partial charge < -0.3 is 14.4 Å². The van der Waals surface area contributed by atoms with Crippen LogP contribution in [0.4, 0.5) is 34.1 Å². The van der Waals surface area contributed by atoms with Crippen molar-refractivity contribution in [3.8, 4) is 11.1 Å². The minimum Gasteiger partial charge on any atom is -0.312 e. The van der Waals surface area contributed by atoms with E-state index < -0.39 is 0 Å². The molecule has 0 saturated heterocycles. The number of para-hydroxylation sites is 4. The number of anilines is 6. The number of aryl methyl sites for hydroxylation is 4. The van der Waals surface area contributed by atoms with E-state index in [1.165, 1.54) is 117 Å². The van der Waals surface area contributed by atoms with Crippen LogP contribution in [0.15, 0.2) is 169 Å². The molecular weight excluding hydrogens is 859 g/mol. The molecule has 13 rings (SSSR count). The first kappa shape index (κ1) is 43.6. The first-order valence-corrected chi connectivity index (χ1v) is 26.0. The maximum atomic E-state index is 2.78. The Kier molecular flexibility index (Phi) is 9.89. The summed E-state index contributed by atoms with van der Waals surface area (Å²) in [6.07, 6.45) is 16.6. The second-order valence-corrected chi connectivity index (χ2v) is 22.2. The van der Waals surface area contributed by atoms with Crippen LogP contribution in [0.25, 0.3) is 45.5 Å². The van der Waals surface area contributed by atoms with Crippen LogP contribution in [0, 0.1) is 39.0 Å². The lowest BCUT2D eigenvalue weighted by molar-refractivity contribution is 0.331. The molecular formula is C68H63N3. The molecule has 0 spiro atoms. The predicted molar refractivity (Wildman–Crippen MR) is 301 cm³/mol. The van der Waals surface area contributed by atoms with E-state index in [0.717, 1.165) is 25.7 Å². The number of rotatable bonds is 8. The normalized spacial score (nSPS) is 18.6. The van der Waals surface area contributed by atoms with Crippen molar-refractivity contribution in [2.24, 2.45) is 11.3 Å². The quantitative estimate of drug-likeness (QED) is 0.150. The van der Waals surface area contributed by atoms with Crippen LogP contribution < -0.4 is 20.4 Å². The molecule has 5 aliphatic rings. The summed E-state index contributed by atoms with van der Waals surface area (Å²) < 4.78 is 2.78. The highest BCUT2D eigenvalue weighted by atomic mass is 15.2. The minimum atomic E-state index is -0.180. The zero-order valence-corrected chi connectivity index (χ0v) is 42.6. The van der Waals surface area contributed by atoms with Gasteiger partial charge in [-0.25, -0.2) is 0 Å². The van der Waals surface area contributed by atoms with E-state index in [9.17, 15) is 0 Å². The van der Waals surface area contributed by atoms with Crippen molar-refractivity contribution in [3.05, 3.63) is 224 Å². The molecule has 350 valence electrons. The second kappa shape index (κ2) is 16.1. The fourth-order valence-electron chi connectivity index (χ4n) is 13.6. The lowest BCUT2D eigenvalue weighted by Gasteiger charge is -2.49. The number of aromatic nitrogens is 1. The van der Waals surface area contributed by atoms with Crippen LogP contribution in [0.3, 0.4) is 0 Å². The van der Waals surface area contributed by atoms with Crippen LogP contribution >= 0.6 is 0 Å². The molecule has 0 amide bonds. The van der Waals surface area contributed by atoms with Gasteiger partial charge in [0.05, 0.1) is 10.9 Å². The van der Waals surface area contributed by atoms with Gasteiger partial charge in [-0.1, -0.05) is 149 Å². The third-order valence-corrected chi connectivity index (χ3v) is 17.4. The zero-order chi connectivity index (χ0) is 48.5. The van der Waals surface area contributed by atoms with Gasteiger partial charge in [-0.2, -0.15) is 0 Å². The third-order valence-electron chi connectivity index (χ3n) is 17.4. The number of benzene rings is 7. The van der Waals surface area contributed by atoms with Gasteiger partial charge in [-0.3, -0.25) is 0 Å². The Balaban J connectivity index is 1.02. The Morgan fingerprint density at radius 1 is 0.592 bits per heavy atom. The van der Waals surface area contributed by atoms with E-state index >= 15 is 0 Å². The number of fused-ring (bicyclic) bond motifs is 2. The maximum absolute atomic E-state index is 2.78. The summed E-state index contributed by atoms with van der Waals surface area (Å²) in [4.78, 5) is 4.97. The highest BCUT2D eigenvalue weighted by Gasteiger charge is 2.49. The van der Waals surface area contributed by atoms with E-state index in [1.54, 1.807) is 11.3 Å². The largest absolute Gasteiger partial charge is 0.312 e. The van der Waals surface area contributed by atoms with Crippen LogP contribution in [0.5, 0.6) is 0 Å². The van der Waals surface area contributed by atoms with E-state index in [0.29, 0.717) is 5.92 Å². The van der Waals surface area contributed by atoms with Crippen molar-refractivity contribution in [1.82, 2.24) is 4.57 Å². The molecule has 2 atom stereocenters. The van der Waals surface area contributed by atoms with Gasteiger partial charge in [-0.15, -0.1) is 0 Å². The van der Waals surface area contributed by atoms with Gasteiger partial charge in [0.15, 0.2) is 0 Å². The van der Waals surface area contributed by atoms with Crippen molar-refractivity contribution < 1.29 is 0 Å². The van der Waals surface area contributed by atoms with E-state index in [-0.39, 0.29) is 16.7 Å². The SMILES string of the molecule is Cc1ccccc1N(c1ccc(C2C=c3c4n5c6c(cc(-c7ccc(N(c8ccccc8C)c8ccccc8C)c8c7C=CCC8)cc36)C(C)(C)C3=C5C(CC=C3)C(C)(C)C=4C2)cc1)c1ccccc1C. The maximum Gasteiger partial charge on any atom is 0.0579 e. The summed E-state index contributed by atoms with van der Waals surface area (Å²) in [6.45, 7) is 19.0. The molecule has 0 fully saturated rings. The minimum absolute atomic E-state index is 0.0143. The zero-order valence-electron chi connectivity index (χ0n) is 42.6. The predicted octanol–water partition coefficient (Wildman–Crippen LogP) is 16.7. The summed E-state index contributed by atoms with van der Waals surface area (Å²) in [5, 5.41) is 4.26. The van der Waals surface area contributed by atoms with E-state index in [4.69, 9.17) is 0 Å². The van der Waals surface area contributed by atoms with Crippen molar-refractivity contribution in [1.29, 1.82) is 0 Å². The fraction of sp³-hybridized carbons (Fsp3) is 0.235. The van der Waals surface area contributed by atoms with E-state index in [2.05, 4.69) is 246 Å². The second-order valence-electron chi connectivity index (χ2n) is 22.2. The molecule has 2 unspecified atom stereocenters. The van der Waals surface area contributed by atoms with Crippen molar-refractivity contribution >= 4 is 68.4 Å². The molecule has 1 aromatic heterocycles. The van der Waals surface area contributed by atoms with Crippen LogP contribution in [-0.4, -0.2) is 4.57 Å². The molecule has 3 aliphatic carbocycles. The summed E-state index contributed by atoms with van der Waals surface area (Å²) >= 11 is 0. The molecule has 3 nitrogen and oxygen atoms in total. The summed E-state index contributed by atoms with van der Waals surface area (Å²) in [6, 6.07) is 54.8. The molecule has 0 N–H and O–H groups in total. The molecule has 3 heteroatoms. The van der Waals surface area contributed by atoms with Crippen molar-refractivity contribution in [2.45, 2.75) is 92.4 Å². The average Bonchev–Trinajstić information content (AvgIpc) is 3.72. The summed E-state index contributed by atoms with van der Waals surface area (Å²) in [7, 11) is 0. The molecule has 71 heavy (non-hydrogen) atoms. The van der Waals surface area contributed by atoms with Crippen LogP contribution in [-0.2, 0) is 11.8 Å². The van der Waals surface area contributed by atoms with E-state index in [1.807, 2.05) is 0 Å². The van der Waals surface area contributed by atoms with Crippen molar-refractivity contribution in [2.75, 3.05) is 9.80 Å². The van der Waals surface area contributed by atoms with Gasteiger partial charge in [0.1, 0.15) is 0 Å². The summed E-state index contributed by atoms with van der Waals surface area (Å²) in [5.41, 5.74) is 26.4. The van der Waals surface area contributed by atoms with Crippen LogP contribution in [0.1, 0.15) is 97.4 Å². The highest BCUT2D eigenvalue weighted by Crippen LogP contribution is 2.58. The fourth-order valence-corrected chi connectivity index (χ4v) is 13.6. The van der Waals surface area contributed by atoms with Crippen LogP contribution in [0.2, 0.25) is 0 Å². The standard InChI is InChI=1S/C68H63N3/c1-42-20-9-15-28-59(42)69(60-29-16-10-21-43(60)2)49-34-32-46(33-35-49)47-38-53-54-39-48(41-58-65(54)71-64(53)57(40-47)67(5,6)55-26-19-27-56(66(55)71)68(58,7)8)50-36-37-63(52-25-14-13-24-51(50)52)70(61-30-17-11-22-44(61)3)62-31-18-12-23-45(62)4/h9-13,15-24,27-39,41,47,55H,14,25-26,40H2,1-8H3. The molecule has 2 aliphatic heterocycles. The number of hydrogen-bond donors (Lipinski definition) is 0. The first-order valence-electron chi connectivity index (χ1n) is 26.0. The Morgan fingerprint density at radius 3 is 1.79 bits per heavy atom. The summed E-state index contributed by atoms with van der Waals surface area (Å²) in [5.74, 6) is 0.650. The Hall–Kier alpha value is -7.36. The monoisotopic (exact) mass is 922 g/mol. The smallest absolute Gasteiger partial charge is 0.0579 e. The molecule has 0 bridgehead atoms. The number of nitrogens with zero attached hydrogens (tertiary/aromatic N) is 3. The Morgan fingerprint density at radius 2 is 1.18 bits per heavy atom. The first-order chi connectivity index (χ1) is 34.4. The molecule has 7 aromatic carbocycles. The lowest BCUT2D eigenvalue weighted by Crippen LogP contribution is -2.49. The van der Waals surface area contributed by atoms with Gasteiger partial charge in [0.25, 0.3) is 0 Å². The molecule has 0 saturated carbocycles. The number of allylic oxidation sites excluding steroid dienone is 5. The number of hydrogen-bond acceptors (Lipinski definition) is 2. The van der Waals surface area contributed by atoms with Gasteiger partial charge in [-0.05, 0) is 180 Å². The molecule has 0 radical (unpaired) electrons. The van der Waals surface area contributed by atoms with Crippen molar-refractivity contribution in [3.63, 3.8) is 0 Å². The lowest BCUT2D eigenvalue weighted by atomic mass is 9.60. The topological polar surface area (TPSA) is 11.4 Å². The Labute approximate surface area is 420 Å². The molecule has 8 aromatic rings. The molecule has 3 heterocycles.